The number of nitrogens with zero attached hydrogens (tertiary/aromatic N) is 3. The van der Waals surface area contributed by atoms with Crippen LogP contribution in [0.4, 0.5) is 10.3 Å². The molecule has 26 heavy (non-hydrogen) atoms. The summed E-state index contributed by atoms with van der Waals surface area (Å²) in [6.45, 7) is 0.282. The number of benzene rings is 1. The second-order valence-corrected chi connectivity index (χ2v) is 8.64. The molecule has 0 saturated carbocycles. The first-order valence-electron chi connectivity index (χ1n) is 7.91. The van der Waals surface area contributed by atoms with Gasteiger partial charge < -0.3 is 0 Å². The van der Waals surface area contributed by atoms with Gasteiger partial charge in [0.15, 0.2) is 0 Å². The van der Waals surface area contributed by atoms with Gasteiger partial charge in [0.05, 0.1) is 0 Å². The zero-order chi connectivity index (χ0) is 18.7. The molecule has 1 aliphatic heterocycles. The van der Waals surface area contributed by atoms with E-state index in [-0.39, 0.29) is 35.8 Å². The summed E-state index contributed by atoms with van der Waals surface area (Å²) < 4.78 is 41.0. The normalized spacial score (nSPS) is 16.4. The zero-order valence-corrected chi connectivity index (χ0v) is 16.0. The maximum absolute atomic E-state index is 14.0. The van der Waals surface area contributed by atoms with Gasteiger partial charge in [-0.05, 0) is 37.1 Å². The largest absolute Gasteiger partial charge is 0.294 e. The highest BCUT2D eigenvalue weighted by atomic mass is 79.9. The number of aromatic nitrogens is 2. The van der Waals surface area contributed by atoms with Crippen molar-refractivity contribution in [3.8, 4) is 0 Å². The van der Waals surface area contributed by atoms with Gasteiger partial charge in [0.2, 0.25) is 21.9 Å². The zero-order valence-electron chi connectivity index (χ0n) is 13.6. The summed E-state index contributed by atoms with van der Waals surface area (Å²) >= 11 is 3.16. The van der Waals surface area contributed by atoms with Crippen LogP contribution in [0.15, 0.2) is 46.0 Å². The number of nitrogens with one attached hydrogen (secondary N) is 1. The van der Waals surface area contributed by atoms with Crippen LogP contribution in [0.3, 0.4) is 0 Å². The molecule has 2 aromatic rings. The molecule has 3 rings (SSSR count). The molecule has 1 fully saturated rings. The van der Waals surface area contributed by atoms with E-state index in [9.17, 15) is 17.6 Å². The van der Waals surface area contributed by atoms with Crippen molar-refractivity contribution in [3.63, 3.8) is 0 Å². The van der Waals surface area contributed by atoms with Gasteiger partial charge in [-0.3, -0.25) is 10.1 Å². The Hall–Kier alpha value is -1.91. The molecule has 0 aliphatic carbocycles. The maximum Gasteiger partial charge on any atom is 0.246 e. The number of hydrogen-bond donors (Lipinski definition) is 1. The first-order chi connectivity index (χ1) is 12.4. The van der Waals surface area contributed by atoms with E-state index in [1.807, 2.05) is 0 Å². The van der Waals surface area contributed by atoms with Gasteiger partial charge in [0.1, 0.15) is 10.7 Å². The van der Waals surface area contributed by atoms with E-state index in [1.165, 1.54) is 28.8 Å². The SMILES string of the molecule is O=C(Nc1ncccn1)C1CCN(S(=O)(=O)c2cc(Br)ccc2F)CC1. The van der Waals surface area contributed by atoms with Crippen molar-refractivity contribution in [3.05, 3.63) is 46.9 Å². The van der Waals surface area contributed by atoms with E-state index >= 15 is 0 Å². The van der Waals surface area contributed by atoms with Crippen LogP contribution in [-0.4, -0.2) is 41.7 Å². The van der Waals surface area contributed by atoms with Crippen LogP contribution in [-0.2, 0) is 14.8 Å². The standard InChI is InChI=1S/C16H16BrFN4O3S/c17-12-2-3-13(18)14(10-12)26(24,25)22-8-4-11(5-9-22)15(23)21-16-19-6-1-7-20-16/h1-3,6-7,10-11H,4-5,8-9H2,(H,19,20,21,23). The first-order valence-corrected chi connectivity index (χ1v) is 10.1. The lowest BCUT2D eigenvalue weighted by Gasteiger charge is -2.30. The maximum atomic E-state index is 14.0. The third-order valence-electron chi connectivity index (χ3n) is 4.14. The van der Waals surface area contributed by atoms with Crippen LogP contribution in [0.5, 0.6) is 0 Å². The quantitative estimate of drug-likeness (QED) is 0.784. The van der Waals surface area contributed by atoms with Crippen molar-refractivity contribution >= 4 is 37.8 Å². The van der Waals surface area contributed by atoms with Crippen LogP contribution in [0.1, 0.15) is 12.8 Å². The summed E-state index contributed by atoms with van der Waals surface area (Å²) in [5.74, 6) is -1.18. The molecular weight excluding hydrogens is 427 g/mol. The third-order valence-corrected chi connectivity index (χ3v) is 6.54. The Bertz CT molecular complexity index is 903. The minimum Gasteiger partial charge on any atom is -0.294 e. The molecule has 138 valence electrons. The van der Waals surface area contributed by atoms with Crippen molar-refractivity contribution in [1.82, 2.24) is 14.3 Å². The molecule has 1 amide bonds. The van der Waals surface area contributed by atoms with Gasteiger partial charge in [0.25, 0.3) is 0 Å². The predicted octanol–water partition coefficient (Wildman–Crippen LogP) is 2.42. The molecule has 0 radical (unpaired) electrons. The average Bonchev–Trinajstić information content (AvgIpc) is 2.64. The van der Waals surface area contributed by atoms with Gasteiger partial charge in [-0.15, -0.1) is 0 Å². The van der Waals surface area contributed by atoms with E-state index in [0.29, 0.717) is 17.3 Å². The molecule has 0 atom stereocenters. The topological polar surface area (TPSA) is 92.3 Å². The monoisotopic (exact) mass is 442 g/mol. The van der Waals surface area contributed by atoms with Gasteiger partial charge in [0, 0.05) is 35.9 Å². The number of rotatable bonds is 4. The molecule has 1 aromatic heterocycles. The van der Waals surface area contributed by atoms with Crippen LogP contribution in [0.2, 0.25) is 0 Å². The number of amides is 1. The second kappa shape index (κ2) is 7.77. The summed E-state index contributed by atoms with van der Waals surface area (Å²) in [6.07, 6.45) is 3.72. The molecule has 2 heterocycles. The molecule has 1 aliphatic rings. The summed E-state index contributed by atoms with van der Waals surface area (Å²) in [5, 5.41) is 2.62. The van der Waals surface area contributed by atoms with Gasteiger partial charge in [-0.25, -0.2) is 22.8 Å². The van der Waals surface area contributed by atoms with Crippen LogP contribution < -0.4 is 5.32 Å². The van der Waals surface area contributed by atoms with Crippen LogP contribution in [0, 0.1) is 11.7 Å². The fourth-order valence-electron chi connectivity index (χ4n) is 2.75. The Morgan fingerprint density at radius 1 is 1.23 bits per heavy atom. The fourth-order valence-corrected chi connectivity index (χ4v) is 4.82. The highest BCUT2D eigenvalue weighted by Crippen LogP contribution is 2.27. The van der Waals surface area contributed by atoms with E-state index in [1.54, 1.807) is 6.07 Å². The second-order valence-electron chi connectivity index (χ2n) is 5.81. The van der Waals surface area contributed by atoms with E-state index in [2.05, 4.69) is 31.2 Å². The number of halogens is 2. The summed E-state index contributed by atoms with van der Waals surface area (Å²) in [7, 11) is -3.95. The Kier molecular flexibility index (Phi) is 5.64. The molecule has 0 spiro atoms. The predicted molar refractivity (Wildman–Crippen MR) is 96.2 cm³/mol. The summed E-state index contributed by atoms with van der Waals surface area (Å²) in [5.41, 5.74) is 0. The molecule has 0 bridgehead atoms. The van der Waals surface area contributed by atoms with Crippen molar-refractivity contribution in [2.45, 2.75) is 17.7 Å². The number of carbonyl (C=O) groups is 1. The smallest absolute Gasteiger partial charge is 0.246 e. The number of sulfonamides is 1. The molecule has 7 nitrogen and oxygen atoms in total. The van der Waals surface area contributed by atoms with Crippen LogP contribution in [0.25, 0.3) is 0 Å². The molecule has 1 aromatic carbocycles. The van der Waals surface area contributed by atoms with E-state index in [4.69, 9.17) is 0 Å². The lowest BCUT2D eigenvalue weighted by Crippen LogP contribution is -2.41. The molecule has 1 saturated heterocycles. The Labute approximate surface area is 158 Å². The highest BCUT2D eigenvalue weighted by molar-refractivity contribution is 9.10. The van der Waals surface area contributed by atoms with Gasteiger partial charge in [-0.1, -0.05) is 15.9 Å². The van der Waals surface area contributed by atoms with Crippen molar-refractivity contribution in [2.24, 2.45) is 5.92 Å². The first kappa shape index (κ1) is 18.9. The van der Waals surface area contributed by atoms with Crippen molar-refractivity contribution in [2.75, 3.05) is 18.4 Å². The third kappa shape index (κ3) is 4.08. The Balaban J connectivity index is 1.66. The summed E-state index contributed by atoms with van der Waals surface area (Å²) in [6, 6.07) is 5.43. The van der Waals surface area contributed by atoms with Crippen molar-refractivity contribution < 1.29 is 17.6 Å². The molecule has 0 unspecified atom stereocenters. The van der Waals surface area contributed by atoms with Gasteiger partial charge in [-0.2, -0.15) is 4.31 Å². The lowest BCUT2D eigenvalue weighted by molar-refractivity contribution is -0.121. The van der Waals surface area contributed by atoms with Gasteiger partial charge >= 0.3 is 0 Å². The molecular formula is C16H16BrFN4O3S. The molecule has 10 heteroatoms. The van der Waals surface area contributed by atoms with E-state index < -0.39 is 15.8 Å². The Morgan fingerprint density at radius 3 is 2.54 bits per heavy atom. The van der Waals surface area contributed by atoms with Crippen LogP contribution >= 0.6 is 15.9 Å². The fraction of sp³-hybridized carbons (Fsp3) is 0.312. The minimum atomic E-state index is -3.95. The summed E-state index contributed by atoms with van der Waals surface area (Å²) in [4.78, 5) is 19.8. The average molecular weight is 443 g/mol. The number of carbonyl (C=O) groups excluding carboxylic acids is 1. The number of hydrogen-bond acceptors (Lipinski definition) is 5. The van der Waals surface area contributed by atoms with E-state index in [0.717, 1.165) is 6.07 Å². The minimum absolute atomic E-state index is 0.141. The number of anilines is 1. The van der Waals surface area contributed by atoms with Crippen molar-refractivity contribution in [1.29, 1.82) is 0 Å². The number of piperidine rings is 1. The highest BCUT2D eigenvalue weighted by Gasteiger charge is 2.33. The Morgan fingerprint density at radius 2 is 1.88 bits per heavy atom. The lowest BCUT2D eigenvalue weighted by atomic mass is 9.97. The molecule has 1 N–H and O–H groups in total.